The second-order valence-electron chi connectivity index (χ2n) is 5.52. The third-order valence-corrected chi connectivity index (χ3v) is 4.01. The molecule has 1 aliphatic heterocycles. The van der Waals surface area contributed by atoms with Gasteiger partial charge in [-0.1, -0.05) is 24.3 Å². The molecule has 2 rings (SSSR count). The zero-order chi connectivity index (χ0) is 14.7. The molecule has 1 saturated heterocycles. The van der Waals surface area contributed by atoms with Crippen LogP contribution < -0.4 is 5.32 Å². The minimum atomic E-state index is -0.135. The summed E-state index contributed by atoms with van der Waals surface area (Å²) in [6, 6.07) is 8.25. The van der Waals surface area contributed by atoms with Crippen LogP contribution >= 0.6 is 0 Å². The van der Waals surface area contributed by atoms with Crippen molar-refractivity contribution in [3.63, 3.8) is 0 Å². The van der Waals surface area contributed by atoms with E-state index in [4.69, 9.17) is 4.74 Å². The fraction of sp³-hybridized carbons (Fsp3) is 0.562. The standard InChI is InChI=1S/C16H24N2O2/c1-11-7-5-6-8-14(11)15-17-13(3)16(19)18(15)12(2)9-10-20-4/h5-8,12-13,15,17H,9-10H2,1-4H3. The molecule has 1 fully saturated rings. The summed E-state index contributed by atoms with van der Waals surface area (Å²) >= 11 is 0. The van der Waals surface area contributed by atoms with Gasteiger partial charge in [0, 0.05) is 19.8 Å². The molecule has 20 heavy (non-hydrogen) atoms. The van der Waals surface area contributed by atoms with Gasteiger partial charge in [0.05, 0.1) is 6.04 Å². The second-order valence-corrected chi connectivity index (χ2v) is 5.52. The van der Waals surface area contributed by atoms with Gasteiger partial charge >= 0.3 is 0 Å². The zero-order valence-corrected chi connectivity index (χ0v) is 12.7. The molecule has 110 valence electrons. The van der Waals surface area contributed by atoms with Crippen LogP contribution in [0, 0.1) is 6.92 Å². The summed E-state index contributed by atoms with van der Waals surface area (Å²) in [4.78, 5) is 14.4. The van der Waals surface area contributed by atoms with Gasteiger partial charge in [0.25, 0.3) is 0 Å². The molecule has 0 spiro atoms. The van der Waals surface area contributed by atoms with E-state index < -0.39 is 0 Å². The van der Waals surface area contributed by atoms with Crippen LogP contribution in [0.5, 0.6) is 0 Å². The predicted octanol–water partition coefficient (Wildman–Crippen LogP) is 2.24. The third-order valence-electron chi connectivity index (χ3n) is 4.01. The van der Waals surface area contributed by atoms with E-state index in [1.165, 1.54) is 11.1 Å². The fourth-order valence-corrected chi connectivity index (χ4v) is 2.77. The Morgan fingerprint density at radius 1 is 1.40 bits per heavy atom. The molecule has 1 aromatic carbocycles. The molecule has 0 saturated carbocycles. The first-order chi connectivity index (χ1) is 9.56. The SMILES string of the molecule is COCCC(C)N1C(=O)C(C)NC1c1ccccc1C. The number of methoxy groups -OCH3 is 1. The summed E-state index contributed by atoms with van der Waals surface area (Å²) in [6.07, 6.45) is 0.810. The highest BCUT2D eigenvalue weighted by atomic mass is 16.5. The van der Waals surface area contributed by atoms with Crippen LogP contribution in [0.25, 0.3) is 0 Å². The number of carbonyl (C=O) groups excluding carboxylic acids is 1. The minimum absolute atomic E-state index is 0.0365. The smallest absolute Gasteiger partial charge is 0.241 e. The van der Waals surface area contributed by atoms with E-state index in [1.54, 1.807) is 7.11 Å². The highest BCUT2D eigenvalue weighted by Crippen LogP contribution is 2.30. The largest absolute Gasteiger partial charge is 0.385 e. The Morgan fingerprint density at radius 3 is 2.75 bits per heavy atom. The molecule has 3 atom stereocenters. The van der Waals surface area contributed by atoms with Crippen LogP contribution in [-0.4, -0.2) is 36.6 Å². The van der Waals surface area contributed by atoms with Crippen molar-refractivity contribution in [3.8, 4) is 0 Å². The van der Waals surface area contributed by atoms with Crippen LogP contribution in [0.4, 0.5) is 0 Å². The highest BCUT2D eigenvalue weighted by Gasteiger charge is 2.39. The number of nitrogens with zero attached hydrogens (tertiary/aromatic N) is 1. The van der Waals surface area contributed by atoms with Crippen molar-refractivity contribution in [1.29, 1.82) is 0 Å². The summed E-state index contributed by atoms with van der Waals surface area (Å²) < 4.78 is 5.14. The lowest BCUT2D eigenvalue weighted by atomic mass is 10.0. The van der Waals surface area contributed by atoms with Crippen LogP contribution in [0.1, 0.15) is 37.6 Å². The number of benzene rings is 1. The Bertz CT molecular complexity index is 475. The van der Waals surface area contributed by atoms with Gasteiger partial charge in [-0.05, 0) is 38.3 Å². The average molecular weight is 276 g/mol. The Kier molecular flexibility index (Phi) is 4.78. The Labute approximate surface area is 121 Å². The van der Waals surface area contributed by atoms with Crippen LogP contribution in [0.2, 0.25) is 0 Å². The lowest BCUT2D eigenvalue weighted by Gasteiger charge is -2.31. The molecular weight excluding hydrogens is 252 g/mol. The number of hydrogen-bond donors (Lipinski definition) is 1. The number of nitrogens with one attached hydrogen (secondary N) is 1. The maximum absolute atomic E-state index is 12.4. The first-order valence-electron chi connectivity index (χ1n) is 7.19. The monoisotopic (exact) mass is 276 g/mol. The third kappa shape index (κ3) is 2.86. The van der Waals surface area contributed by atoms with Crippen molar-refractivity contribution in [1.82, 2.24) is 10.2 Å². The molecule has 1 amide bonds. The lowest BCUT2D eigenvalue weighted by Crippen LogP contribution is -2.39. The quantitative estimate of drug-likeness (QED) is 0.896. The number of aryl methyl sites for hydroxylation is 1. The topological polar surface area (TPSA) is 41.6 Å². The molecule has 0 aromatic heterocycles. The molecule has 1 N–H and O–H groups in total. The van der Waals surface area contributed by atoms with Gasteiger partial charge in [-0.2, -0.15) is 0 Å². The number of hydrogen-bond acceptors (Lipinski definition) is 3. The molecule has 0 bridgehead atoms. The Morgan fingerprint density at radius 2 is 2.10 bits per heavy atom. The van der Waals surface area contributed by atoms with E-state index in [2.05, 4.69) is 31.3 Å². The van der Waals surface area contributed by atoms with Crippen molar-refractivity contribution in [2.45, 2.75) is 45.4 Å². The summed E-state index contributed by atoms with van der Waals surface area (Å²) in [7, 11) is 1.69. The normalized spacial score (nSPS) is 24.2. The van der Waals surface area contributed by atoms with Crippen molar-refractivity contribution >= 4 is 5.91 Å². The number of carbonyl (C=O) groups is 1. The molecule has 4 heteroatoms. The highest BCUT2D eigenvalue weighted by molar-refractivity contribution is 5.84. The van der Waals surface area contributed by atoms with Gasteiger partial charge < -0.3 is 9.64 Å². The van der Waals surface area contributed by atoms with Gasteiger partial charge in [-0.25, -0.2) is 0 Å². The molecule has 1 aliphatic rings. The molecule has 0 radical (unpaired) electrons. The van der Waals surface area contributed by atoms with Crippen molar-refractivity contribution in [2.75, 3.05) is 13.7 Å². The van der Waals surface area contributed by atoms with E-state index in [0.29, 0.717) is 6.61 Å². The first kappa shape index (κ1) is 15.0. The lowest BCUT2D eigenvalue weighted by molar-refractivity contribution is -0.132. The van der Waals surface area contributed by atoms with E-state index in [1.807, 2.05) is 24.0 Å². The Hall–Kier alpha value is -1.39. The van der Waals surface area contributed by atoms with Crippen molar-refractivity contribution < 1.29 is 9.53 Å². The van der Waals surface area contributed by atoms with Gasteiger partial charge in [0.15, 0.2) is 0 Å². The molecule has 0 aliphatic carbocycles. The summed E-state index contributed by atoms with van der Waals surface area (Å²) in [5.41, 5.74) is 2.38. The van der Waals surface area contributed by atoms with E-state index >= 15 is 0 Å². The number of amides is 1. The van der Waals surface area contributed by atoms with Crippen LogP contribution in [-0.2, 0) is 9.53 Å². The molecule has 4 nitrogen and oxygen atoms in total. The summed E-state index contributed by atoms with van der Waals surface area (Å²) in [5.74, 6) is 0.168. The summed E-state index contributed by atoms with van der Waals surface area (Å²) in [5, 5.41) is 3.40. The maximum Gasteiger partial charge on any atom is 0.241 e. The van der Waals surface area contributed by atoms with Crippen molar-refractivity contribution in [2.24, 2.45) is 0 Å². The predicted molar refractivity (Wildman–Crippen MR) is 79.3 cm³/mol. The first-order valence-corrected chi connectivity index (χ1v) is 7.19. The minimum Gasteiger partial charge on any atom is -0.385 e. The molecular formula is C16H24N2O2. The maximum atomic E-state index is 12.4. The van der Waals surface area contributed by atoms with Gasteiger partial charge in [-0.15, -0.1) is 0 Å². The van der Waals surface area contributed by atoms with Crippen molar-refractivity contribution in [3.05, 3.63) is 35.4 Å². The van der Waals surface area contributed by atoms with E-state index in [-0.39, 0.29) is 24.2 Å². The molecule has 1 heterocycles. The fourth-order valence-electron chi connectivity index (χ4n) is 2.77. The van der Waals surface area contributed by atoms with Crippen LogP contribution in [0.3, 0.4) is 0 Å². The van der Waals surface area contributed by atoms with Gasteiger partial charge in [-0.3, -0.25) is 10.1 Å². The van der Waals surface area contributed by atoms with Gasteiger partial charge in [0.2, 0.25) is 5.91 Å². The van der Waals surface area contributed by atoms with E-state index in [9.17, 15) is 4.79 Å². The molecule has 1 aromatic rings. The zero-order valence-electron chi connectivity index (χ0n) is 12.7. The summed E-state index contributed by atoms with van der Waals surface area (Å²) in [6.45, 7) is 6.76. The van der Waals surface area contributed by atoms with E-state index in [0.717, 1.165) is 6.42 Å². The average Bonchev–Trinajstić information content (AvgIpc) is 2.73. The Balaban J connectivity index is 2.26. The number of ether oxygens (including phenoxy) is 1. The van der Waals surface area contributed by atoms with Gasteiger partial charge in [0.1, 0.15) is 6.17 Å². The number of rotatable bonds is 5. The second kappa shape index (κ2) is 6.37. The molecule has 3 unspecified atom stereocenters. The van der Waals surface area contributed by atoms with Crippen LogP contribution in [0.15, 0.2) is 24.3 Å².